The molecule has 5 nitrogen and oxygen atoms in total. The summed E-state index contributed by atoms with van der Waals surface area (Å²) >= 11 is 0. The Morgan fingerprint density at radius 2 is 2.00 bits per heavy atom. The SMILES string of the molecule is CCC(C)NC(=O)c1cccc(C2CCCN(C(=O)NC(C)C)C2)c1. The van der Waals surface area contributed by atoms with Crippen molar-refractivity contribution in [3.05, 3.63) is 35.4 Å². The molecule has 2 rings (SSSR count). The number of carbonyl (C=O) groups is 2. The number of likely N-dealkylation sites (tertiary alicyclic amines) is 1. The Labute approximate surface area is 151 Å². The van der Waals surface area contributed by atoms with Crippen molar-refractivity contribution < 1.29 is 9.59 Å². The lowest BCUT2D eigenvalue weighted by Crippen LogP contribution is -2.47. The van der Waals surface area contributed by atoms with Crippen LogP contribution in [0.5, 0.6) is 0 Å². The molecule has 138 valence electrons. The number of hydrogen-bond donors (Lipinski definition) is 2. The Balaban J connectivity index is 2.06. The zero-order chi connectivity index (χ0) is 18.4. The van der Waals surface area contributed by atoms with Gasteiger partial charge in [-0.3, -0.25) is 4.79 Å². The van der Waals surface area contributed by atoms with Crippen molar-refractivity contribution in [3.63, 3.8) is 0 Å². The zero-order valence-electron chi connectivity index (χ0n) is 15.8. The summed E-state index contributed by atoms with van der Waals surface area (Å²) in [6, 6.07) is 8.15. The van der Waals surface area contributed by atoms with Gasteiger partial charge < -0.3 is 15.5 Å². The van der Waals surface area contributed by atoms with Gasteiger partial charge >= 0.3 is 6.03 Å². The molecular formula is C20H31N3O2. The Morgan fingerprint density at radius 3 is 2.68 bits per heavy atom. The van der Waals surface area contributed by atoms with Crippen LogP contribution in [0.1, 0.15) is 68.8 Å². The standard InChI is InChI=1S/C20H31N3O2/c1-5-15(4)22-19(24)17-9-6-8-16(12-17)18-10-7-11-23(13-18)20(25)21-14(2)3/h6,8-9,12,14-15,18H,5,7,10-11,13H2,1-4H3,(H,21,25)(H,22,24). The number of piperidine rings is 1. The molecule has 1 fully saturated rings. The monoisotopic (exact) mass is 345 g/mol. The molecule has 1 aliphatic heterocycles. The molecule has 0 aromatic heterocycles. The molecule has 0 spiro atoms. The Bertz CT molecular complexity index is 600. The number of carbonyl (C=O) groups excluding carboxylic acids is 2. The van der Waals surface area contributed by atoms with Gasteiger partial charge in [0.05, 0.1) is 0 Å². The Morgan fingerprint density at radius 1 is 1.24 bits per heavy atom. The minimum absolute atomic E-state index is 0.00497. The third-order valence-corrected chi connectivity index (χ3v) is 4.73. The summed E-state index contributed by atoms with van der Waals surface area (Å²) in [5, 5.41) is 5.98. The van der Waals surface area contributed by atoms with Crippen LogP contribution in [0.3, 0.4) is 0 Å². The fourth-order valence-corrected chi connectivity index (χ4v) is 3.11. The van der Waals surface area contributed by atoms with Gasteiger partial charge in [0, 0.05) is 36.7 Å². The topological polar surface area (TPSA) is 61.4 Å². The summed E-state index contributed by atoms with van der Waals surface area (Å²) in [4.78, 5) is 26.5. The van der Waals surface area contributed by atoms with E-state index in [-0.39, 0.29) is 29.9 Å². The van der Waals surface area contributed by atoms with Crippen LogP contribution in [0, 0.1) is 0 Å². The van der Waals surface area contributed by atoms with Crippen molar-refractivity contribution in [1.29, 1.82) is 0 Å². The van der Waals surface area contributed by atoms with E-state index < -0.39 is 0 Å². The van der Waals surface area contributed by atoms with Gasteiger partial charge in [0.2, 0.25) is 0 Å². The second-order valence-electron chi connectivity index (χ2n) is 7.30. The van der Waals surface area contributed by atoms with E-state index in [9.17, 15) is 9.59 Å². The fraction of sp³-hybridized carbons (Fsp3) is 0.600. The molecule has 1 saturated heterocycles. The van der Waals surface area contributed by atoms with E-state index in [2.05, 4.69) is 23.6 Å². The molecule has 1 aromatic rings. The van der Waals surface area contributed by atoms with Crippen LogP contribution >= 0.6 is 0 Å². The average Bonchev–Trinajstić information content (AvgIpc) is 2.61. The molecule has 3 amide bonds. The number of amides is 3. The molecule has 2 unspecified atom stereocenters. The van der Waals surface area contributed by atoms with Crippen molar-refractivity contribution in [1.82, 2.24) is 15.5 Å². The molecular weight excluding hydrogens is 314 g/mol. The predicted octanol–water partition coefficient (Wildman–Crippen LogP) is 3.51. The fourth-order valence-electron chi connectivity index (χ4n) is 3.11. The first-order valence-corrected chi connectivity index (χ1v) is 9.37. The van der Waals surface area contributed by atoms with Gasteiger partial charge in [-0.05, 0) is 57.7 Å². The van der Waals surface area contributed by atoms with Crippen molar-refractivity contribution in [2.24, 2.45) is 0 Å². The largest absolute Gasteiger partial charge is 0.350 e. The number of urea groups is 1. The van der Waals surface area contributed by atoms with Gasteiger partial charge in [-0.1, -0.05) is 19.1 Å². The van der Waals surface area contributed by atoms with E-state index in [0.29, 0.717) is 12.1 Å². The summed E-state index contributed by atoms with van der Waals surface area (Å²) in [6.45, 7) is 9.50. The minimum Gasteiger partial charge on any atom is -0.350 e. The maximum atomic E-state index is 12.4. The molecule has 25 heavy (non-hydrogen) atoms. The summed E-state index contributed by atoms with van der Waals surface area (Å²) in [5.74, 6) is 0.254. The summed E-state index contributed by atoms with van der Waals surface area (Å²) in [7, 11) is 0. The van der Waals surface area contributed by atoms with Crippen molar-refractivity contribution in [2.75, 3.05) is 13.1 Å². The second-order valence-corrected chi connectivity index (χ2v) is 7.30. The lowest BCUT2D eigenvalue weighted by atomic mass is 9.89. The smallest absolute Gasteiger partial charge is 0.317 e. The molecule has 0 saturated carbocycles. The van der Waals surface area contributed by atoms with Crippen molar-refractivity contribution >= 4 is 11.9 Å². The van der Waals surface area contributed by atoms with E-state index in [0.717, 1.165) is 31.4 Å². The van der Waals surface area contributed by atoms with Crippen LogP contribution in [0.25, 0.3) is 0 Å². The quantitative estimate of drug-likeness (QED) is 0.858. The van der Waals surface area contributed by atoms with Gasteiger partial charge in [0.25, 0.3) is 5.91 Å². The minimum atomic E-state index is -0.0265. The van der Waals surface area contributed by atoms with Gasteiger partial charge in [0.15, 0.2) is 0 Å². The first-order chi connectivity index (χ1) is 11.9. The van der Waals surface area contributed by atoms with E-state index in [4.69, 9.17) is 0 Å². The van der Waals surface area contributed by atoms with E-state index >= 15 is 0 Å². The molecule has 1 heterocycles. The highest BCUT2D eigenvalue weighted by Gasteiger charge is 2.25. The normalized spacial score (nSPS) is 18.8. The molecule has 0 radical (unpaired) electrons. The summed E-state index contributed by atoms with van der Waals surface area (Å²) in [5.41, 5.74) is 1.83. The number of nitrogens with one attached hydrogen (secondary N) is 2. The third-order valence-electron chi connectivity index (χ3n) is 4.73. The highest BCUT2D eigenvalue weighted by molar-refractivity contribution is 5.94. The molecule has 0 bridgehead atoms. The number of hydrogen-bond acceptors (Lipinski definition) is 2. The second kappa shape index (κ2) is 8.88. The maximum absolute atomic E-state index is 12.4. The van der Waals surface area contributed by atoms with Crippen LogP contribution in [0.15, 0.2) is 24.3 Å². The first kappa shape index (κ1) is 19.3. The number of benzene rings is 1. The molecule has 1 aromatic carbocycles. The van der Waals surface area contributed by atoms with Gasteiger partial charge in [-0.2, -0.15) is 0 Å². The van der Waals surface area contributed by atoms with Crippen LogP contribution in [-0.4, -0.2) is 42.0 Å². The molecule has 0 aliphatic carbocycles. The number of nitrogens with zero attached hydrogens (tertiary/aromatic N) is 1. The van der Waals surface area contributed by atoms with Crippen LogP contribution in [-0.2, 0) is 0 Å². The van der Waals surface area contributed by atoms with Gasteiger partial charge in [-0.15, -0.1) is 0 Å². The molecule has 1 aliphatic rings. The van der Waals surface area contributed by atoms with Crippen LogP contribution in [0.4, 0.5) is 4.79 Å². The van der Waals surface area contributed by atoms with Gasteiger partial charge in [0.1, 0.15) is 0 Å². The lowest BCUT2D eigenvalue weighted by Gasteiger charge is -2.33. The van der Waals surface area contributed by atoms with E-state index in [1.54, 1.807) is 0 Å². The Kier molecular flexibility index (Phi) is 6.85. The maximum Gasteiger partial charge on any atom is 0.317 e. The van der Waals surface area contributed by atoms with Crippen molar-refractivity contribution in [2.45, 2.75) is 65.0 Å². The Hall–Kier alpha value is -2.04. The van der Waals surface area contributed by atoms with E-state index in [1.807, 2.05) is 43.9 Å². The zero-order valence-corrected chi connectivity index (χ0v) is 15.8. The summed E-state index contributed by atoms with van der Waals surface area (Å²) < 4.78 is 0. The molecule has 2 atom stereocenters. The average molecular weight is 345 g/mol. The van der Waals surface area contributed by atoms with E-state index in [1.165, 1.54) is 0 Å². The first-order valence-electron chi connectivity index (χ1n) is 9.37. The lowest BCUT2D eigenvalue weighted by molar-refractivity contribution is 0.0939. The predicted molar refractivity (Wildman–Crippen MR) is 101 cm³/mol. The van der Waals surface area contributed by atoms with Crippen LogP contribution < -0.4 is 10.6 Å². The highest BCUT2D eigenvalue weighted by Crippen LogP contribution is 2.27. The summed E-state index contributed by atoms with van der Waals surface area (Å²) in [6.07, 6.45) is 2.94. The van der Waals surface area contributed by atoms with Gasteiger partial charge in [-0.25, -0.2) is 4.79 Å². The van der Waals surface area contributed by atoms with Crippen molar-refractivity contribution in [3.8, 4) is 0 Å². The number of rotatable bonds is 5. The highest BCUT2D eigenvalue weighted by atomic mass is 16.2. The van der Waals surface area contributed by atoms with Crippen LogP contribution in [0.2, 0.25) is 0 Å². The molecule has 5 heteroatoms. The molecule has 2 N–H and O–H groups in total. The third kappa shape index (κ3) is 5.48.